The molecule has 16 heavy (non-hydrogen) atoms. The van der Waals surface area contributed by atoms with Crippen molar-refractivity contribution in [1.29, 1.82) is 0 Å². The maximum atomic E-state index is 11.2. The number of rotatable bonds is 1. The van der Waals surface area contributed by atoms with Crippen LogP contribution in [0.2, 0.25) is 0 Å². The van der Waals surface area contributed by atoms with Crippen molar-refractivity contribution in [2.24, 2.45) is 16.6 Å². The van der Waals surface area contributed by atoms with Gasteiger partial charge in [-0.25, -0.2) is 4.99 Å². The van der Waals surface area contributed by atoms with Gasteiger partial charge in [0.15, 0.2) is 0 Å². The first-order valence-corrected chi connectivity index (χ1v) is 5.66. The lowest BCUT2D eigenvalue weighted by molar-refractivity contribution is -0.111. The summed E-state index contributed by atoms with van der Waals surface area (Å²) in [5.41, 5.74) is 8.02. The minimum Gasteiger partial charge on any atom is -0.364 e. The van der Waals surface area contributed by atoms with Gasteiger partial charge in [-0.15, -0.1) is 0 Å². The fourth-order valence-corrected chi connectivity index (χ4v) is 2.12. The molecule has 0 fully saturated rings. The normalized spacial score (nSPS) is 27.6. The number of nitrogens with one attached hydrogen (secondary N) is 1. The molecule has 2 aliphatic heterocycles. The van der Waals surface area contributed by atoms with Crippen LogP contribution in [-0.2, 0) is 4.79 Å². The minimum absolute atomic E-state index is 0.376. The predicted octanol–water partition coefficient (Wildman–Crippen LogP) is 0.756. The number of hydrogen-bond acceptors (Lipinski definition) is 3. The van der Waals surface area contributed by atoms with E-state index >= 15 is 0 Å². The van der Waals surface area contributed by atoms with Crippen LogP contribution < -0.4 is 11.1 Å². The molecule has 0 aromatic carbocycles. The van der Waals surface area contributed by atoms with Crippen LogP contribution in [0.4, 0.5) is 0 Å². The number of primary amides is 1. The number of amides is 1. The average Bonchev–Trinajstić information content (AvgIpc) is 2.25. The highest BCUT2D eigenvalue weighted by Crippen LogP contribution is 2.25. The van der Waals surface area contributed by atoms with E-state index in [9.17, 15) is 4.79 Å². The zero-order chi connectivity index (χ0) is 11.5. The SMILES string of the molecule is CC1C/C=C/C(C(N)=O)=NC2=C1CNCC2. The van der Waals surface area contributed by atoms with E-state index in [2.05, 4.69) is 17.2 Å². The van der Waals surface area contributed by atoms with Gasteiger partial charge in [0, 0.05) is 25.2 Å². The average molecular weight is 219 g/mol. The van der Waals surface area contributed by atoms with Crippen molar-refractivity contribution >= 4 is 11.6 Å². The summed E-state index contributed by atoms with van der Waals surface area (Å²) in [7, 11) is 0. The lowest BCUT2D eigenvalue weighted by atomic mass is 9.91. The highest BCUT2D eigenvalue weighted by Gasteiger charge is 2.19. The zero-order valence-electron chi connectivity index (χ0n) is 9.49. The number of nitrogens with zero attached hydrogens (tertiary/aromatic N) is 1. The molecule has 0 aromatic heterocycles. The summed E-state index contributed by atoms with van der Waals surface area (Å²) >= 11 is 0. The van der Waals surface area contributed by atoms with Gasteiger partial charge in [0.2, 0.25) is 0 Å². The fourth-order valence-electron chi connectivity index (χ4n) is 2.12. The molecule has 4 heteroatoms. The highest BCUT2D eigenvalue weighted by molar-refractivity contribution is 6.43. The summed E-state index contributed by atoms with van der Waals surface area (Å²) in [6, 6.07) is 0. The number of carbonyl (C=O) groups excluding carboxylic acids is 1. The molecule has 0 bridgehead atoms. The first kappa shape index (κ1) is 11.1. The lowest BCUT2D eigenvalue weighted by Gasteiger charge is -2.24. The monoisotopic (exact) mass is 219 g/mol. The van der Waals surface area contributed by atoms with Crippen molar-refractivity contribution in [3.05, 3.63) is 23.4 Å². The highest BCUT2D eigenvalue weighted by atomic mass is 16.1. The third-order valence-corrected chi connectivity index (χ3v) is 3.09. The van der Waals surface area contributed by atoms with Gasteiger partial charge in [-0.05, 0) is 24.0 Å². The summed E-state index contributed by atoms with van der Waals surface area (Å²) in [6.45, 7) is 3.99. The molecule has 0 aromatic rings. The second kappa shape index (κ2) is 4.61. The molecule has 1 amide bonds. The van der Waals surface area contributed by atoms with Crippen molar-refractivity contribution in [2.45, 2.75) is 19.8 Å². The lowest BCUT2D eigenvalue weighted by Crippen LogP contribution is -2.29. The molecule has 86 valence electrons. The Hall–Kier alpha value is -1.42. The van der Waals surface area contributed by atoms with Crippen molar-refractivity contribution in [3.8, 4) is 0 Å². The summed E-state index contributed by atoms with van der Waals surface area (Å²) in [5.74, 6) is 0.0356. The second-order valence-corrected chi connectivity index (χ2v) is 4.30. The van der Waals surface area contributed by atoms with Crippen LogP contribution in [0.5, 0.6) is 0 Å². The van der Waals surface area contributed by atoms with E-state index in [1.807, 2.05) is 6.08 Å². The van der Waals surface area contributed by atoms with Crippen LogP contribution >= 0.6 is 0 Å². The Balaban J connectivity index is 2.41. The zero-order valence-corrected chi connectivity index (χ0v) is 9.49. The predicted molar refractivity (Wildman–Crippen MR) is 64.1 cm³/mol. The van der Waals surface area contributed by atoms with Crippen molar-refractivity contribution < 1.29 is 4.79 Å². The summed E-state index contributed by atoms with van der Waals surface area (Å²) in [4.78, 5) is 15.6. The van der Waals surface area contributed by atoms with Crippen LogP contribution in [0.15, 0.2) is 28.4 Å². The largest absolute Gasteiger partial charge is 0.364 e. The Kier molecular flexibility index (Phi) is 3.19. The third-order valence-electron chi connectivity index (χ3n) is 3.09. The summed E-state index contributed by atoms with van der Waals surface area (Å²) in [6.07, 6.45) is 5.54. The van der Waals surface area contributed by atoms with Gasteiger partial charge >= 0.3 is 0 Å². The Morgan fingerprint density at radius 3 is 3.19 bits per heavy atom. The molecule has 0 saturated heterocycles. The second-order valence-electron chi connectivity index (χ2n) is 4.30. The van der Waals surface area contributed by atoms with E-state index in [1.54, 1.807) is 6.08 Å². The number of carbonyl (C=O) groups is 1. The van der Waals surface area contributed by atoms with E-state index in [4.69, 9.17) is 5.73 Å². The fraction of sp³-hybridized carbons (Fsp3) is 0.500. The number of nitrogens with two attached hydrogens (primary N) is 1. The third kappa shape index (κ3) is 2.22. The maximum absolute atomic E-state index is 11.2. The minimum atomic E-state index is -0.448. The van der Waals surface area contributed by atoms with Crippen LogP contribution in [0.3, 0.4) is 0 Å². The van der Waals surface area contributed by atoms with Gasteiger partial charge < -0.3 is 11.1 Å². The van der Waals surface area contributed by atoms with Gasteiger partial charge in [0.25, 0.3) is 5.91 Å². The molecule has 2 heterocycles. The van der Waals surface area contributed by atoms with Crippen LogP contribution in [0.1, 0.15) is 19.8 Å². The van der Waals surface area contributed by atoms with Crippen LogP contribution in [-0.4, -0.2) is 24.7 Å². The van der Waals surface area contributed by atoms with Crippen LogP contribution in [0.25, 0.3) is 0 Å². The van der Waals surface area contributed by atoms with Crippen LogP contribution in [0, 0.1) is 5.92 Å². The Morgan fingerprint density at radius 2 is 2.44 bits per heavy atom. The molecule has 0 radical (unpaired) electrons. The smallest absolute Gasteiger partial charge is 0.267 e. The van der Waals surface area contributed by atoms with E-state index < -0.39 is 5.91 Å². The molecule has 0 saturated carbocycles. The summed E-state index contributed by atoms with van der Waals surface area (Å²) in [5, 5.41) is 3.34. The topological polar surface area (TPSA) is 67.5 Å². The molecule has 4 nitrogen and oxygen atoms in total. The first-order chi connectivity index (χ1) is 7.68. The van der Waals surface area contributed by atoms with E-state index in [0.29, 0.717) is 11.6 Å². The quantitative estimate of drug-likeness (QED) is 0.683. The molecule has 3 N–H and O–H groups in total. The Morgan fingerprint density at radius 1 is 1.62 bits per heavy atom. The molecule has 1 atom stereocenters. The summed E-state index contributed by atoms with van der Waals surface area (Å²) < 4.78 is 0. The molecular formula is C12H17N3O. The van der Waals surface area contributed by atoms with Gasteiger partial charge in [-0.3, -0.25) is 4.79 Å². The van der Waals surface area contributed by atoms with E-state index in [-0.39, 0.29) is 0 Å². The van der Waals surface area contributed by atoms with Gasteiger partial charge in [0.1, 0.15) is 5.71 Å². The van der Waals surface area contributed by atoms with Crippen molar-refractivity contribution in [1.82, 2.24) is 5.32 Å². The molecule has 2 aliphatic rings. The van der Waals surface area contributed by atoms with Crippen molar-refractivity contribution in [2.75, 3.05) is 13.1 Å². The maximum Gasteiger partial charge on any atom is 0.267 e. The molecule has 1 unspecified atom stereocenters. The van der Waals surface area contributed by atoms with Gasteiger partial charge in [-0.2, -0.15) is 0 Å². The van der Waals surface area contributed by atoms with Gasteiger partial charge in [0.05, 0.1) is 0 Å². The van der Waals surface area contributed by atoms with Crippen molar-refractivity contribution in [3.63, 3.8) is 0 Å². The Bertz CT molecular complexity index is 393. The van der Waals surface area contributed by atoms with E-state index in [1.165, 1.54) is 5.57 Å². The number of allylic oxidation sites excluding steroid dienone is 1. The molecule has 0 spiro atoms. The van der Waals surface area contributed by atoms with E-state index in [0.717, 1.165) is 31.6 Å². The number of aliphatic imine (C=N–C) groups is 1. The molecular weight excluding hydrogens is 202 g/mol. The number of hydrogen-bond donors (Lipinski definition) is 2. The van der Waals surface area contributed by atoms with Gasteiger partial charge in [-0.1, -0.05) is 13.0 Å². The molecule has 0 aliphatic carbocycles. The first-order valence-electron chi connectivity index (χ1n) is 5.66. The standard InChI is InChI=1S/C12H17N3O/c1-8-3-2-4-11(12(13)16)15-10-5-6-14-7-9(8)10/h2,4,8,14H,3,5-7H2,1H3,(H2,13,16)/b4-2+,15-11?. The molecule has 2 rings (SSSR count). The Labute approximate surface area is 95.3 Å².